The van der Waals surface area contributed by atoms with Crippen LogP contribution in [0.1, 0.15) is 19.3 Å². The first-order valence-corrected chi connectivity index (χ1v) is 4.32. The maximum absolute atomic E-state index is 10.6. The fraction of sp³-hybridized carbons (Fsp3) is 1.00. The molecule has 0 aromatic rings. The molecule has 1 aliphatic rings. The molecule has 0 bridgehead atoms. The van der Waals surface area contributed by atoms with Crippen LogP contribution in [-0.4, -0.2) is 20.7 Å². The molecule has 0 radical (unpaired) electrons. The van der Waals surface area contributed by atoms with Gasteiger partial charge in [-0.05, 0) is 19.3 Å². The number of hydrogen-bond donors (Lipinski definition) is 2. The molecule has 1 saturated carbocycles. The van der Waals surface area contributed by atoms with Gasteiger partial charge in [0.1, 0.15) is 0 Å². The van der Waals surface area contributed by atoms with Crippen molar-refractivity contribution in [3.05, 3.63) is 0 Å². The van der Waals surface area contributed by atoms with Gasteiger partial charge in [0.2, 0.25) is 0 Å². The zero-order valence-electron chi connectivity index (χ0n) is 5.12. The monoisotopic (exact) mass is 149 g/mol. The second-order valence-electron chi connectivity index (χ2n) is 2.37. The Labute approximate surface area is 56.8 Å². The van der Waals surface area contributed by atoms with Crippen LogP contribution in [0.5, 0.6) is 0 Å². The molecule has 0 aromatic carbocycles. The van der Waals surface area contributed by atoms with Gasteiger partial charge in [0.25, 0.3) is 0 Å². The van der Waals surface area contributed by atoms with E-state index in [1.165, 1.54) is 0 Å². The second-order valence-corrected chi connectivity index (χ2v) is 3.63. The molecule has 4 heteroatoms. The summed E-state index contributed by atoms with van der Waals surface area (Å²) in [7, 11) is -1.32. The molecule has 54 valence electrons. The third kappa shape index (κ3) is 1.50. The minimum atomic E-state index is -1.32. The van der Waals surface area contributed by atoms with E-state index in [9.17, 15) is 4.21 Å². The Balaban J connectivity index is 2.49. The van der Waals surface area contributed by atoms with Crippen LogP contribution in [-0.2, 0) is 11.0 Å². The molecular weight excluding hydrogens is 138 g/mol. The van der Waals surface area contributed by atoms with Gasteiger partial charge >= 0.3 is 0 Å². The van der Waals surface area contributed by atoms with Gasteiger partial charge in [-0.3, -0.25) is 5.14 Å². The first-order chi connectivity index (χ1) is 4.22. The van der Waals surface area contributed by atoms with Gasteiger partial charge in [0.05, 0.1) is 22.3 Å². The van der Waals surface area contributed by atoms with E-state index < -0.39 is 17.1 Å². The van der Waals surface area contributed by atoms with Crippen molar-refractivity contribution in [1.82, 2.24) is 0 Å². The first kappa shape index (κ1) is 7.18. The van der Waals surface area contributed by atoms with Crippen molar-refractivity contribution in [3.8, 4) is 0 Å². The van der Waals surface area contributed by atoms with Gasteiger partial charge in [0.15, 0.2) is 0 Å². The lowest BCUT2D eigenvalue weighted by atomic mass is 10.3. The lowest BCUT2D eigenvalue weighted by Crippen LogP contribution is -2.28. The molecule has 0 aliphatic heterocycles. The van der Waals surface area contributed by atoms with Crippen LogP contribution in [0.4, 0.5) is 0 Å². The highest BCUT2D eigenvalue weighted by Crippen LogP contribution is 2.21. The molecule has 1 fully saturated rings. The normalized spacial score (nSPS) is 38.9. The van der Waals surface area contributed by atoms with Crippen LogP contribution in [0.25, 0.3) is 0 Å². The predicted octanol–water partition coefficient (Wildman–Crippen LogP) is -0.478. The lowest BCUT2D eigenvalue weighted by molar-refractivity contribution is 0.186. The van der Waals surface area contributed by atoms with Crippen LogP contribution in [0.15, 0.2) is 0 Å². The van der Waals surface area contributed by atoms with Crippen molar-refractivity contribution >= 4 is 11.0 Å². The standard InChI is InChI=1S/C5H11NO2S/c6-9(8)5-3-1-2-4(5)7/h4-5,7H,1-3,6H2/t4-,5-,9?/m1/s1. The highest BCUT2D eigenvalue weighted by Gasteiger charge is 2.28. The summed E-state index contributed by atoms with van der Waals surface area (Å²) >= 11 is 0. The highest BCUT2D eigenvalue weighted by molar-refractivity contribution is 7.83. The summed E-state index contributed by atoms with van der Waals surface area (Å²) in [5, 5.41) is 14.0. The van der Waals surface area contributed by atoms with E-state index in [1.54, 1.807) is 0 Å². The fourth-order valence-corrected chi connectivity index (χ4v) is 2.02. The Bertz CT molecular complexity index is 128. The van der Waals surface area contributed by atoms with Gasteiger partial charge in [-0.2, -0.15) is 0 Å². The van der Waals surface area contributed by atoms with E-state index in [2.05, 4.69) is 0 Å². The average Bonchev–Trinajstić information content (AvgIpc) is 2.13. The summed E-state index contributed by atoms with van der Waals surface area (Å²) in [6, 6.07) is 0. The number of aliphatic hydroxyl groups is 1. The number of hydrogen-bond acceptors (Lipinski definition) is 2. The molecule has 3 nitrogen and oxygen atoms in total. The Morgan fingerprint density at radius 3 is 2.44 bits per heavy atom. The Kier molecular flexibility index (Phi) is 2.21. The van der Waals surface area contributed by atoms with Crippen LogP contribution in [0.2, 0.25) is 0 Å². The van der Waals surface area contributed by atoms with Gasteiger partial charge in [0, 0.05) is 0 Å². The second kappa shape index (κ2) is 2.77. The molecule has 1 rings (SSSR count). The number of rotatable bonds is 1. The fourth-order valence-electron chi connectivity index (χ4n) is 1.18. The molecule has 0 saturated heterocycles. The Morgan fingerprint density at radius 2 is 2.22 bits per heavy atom. The third-order valence-electron chi connectivity index (χ3n) is 1.72. The molecule has 0 aromatic heterocycles. The highest BCUT2D eigenvalue weighted by atomic mass is 32.2. The Morgan fingerprint density at radius 1 is 1.56 bits per heavy atom. The Hall–Kier alpha value is 0.0700. The van der Waals surface area contributed by atoms with Crippen molar-refractivity contribution in [2.24, 2.45) is 5.14 Å². The van der Waals surface area contributed by atoms with Crippen LogP contribution >= 0.6 is 0 Å². The maximum Gasteiger partial charge on any atom is 0.0946 e. The van der Waals surface area contributed by atoms with E-state index in [-0.39, 0.29) is 5.25 Å². The topological polar surface area (TPSA) is 63.3 Å². The van der Waals surface area contributed by atoms with E-state index in [0.717, 1.165) is 19.3 Å². The SMILES string of the molecule is NS(=O)[C@@H]1CCC[C@H]1O. The summed E-state index contributed by atoms with van der Waals surface area (Å²) in [6.07, 6.45) is 2.10. The number of aliphatic hydroxyl groups excluding tert-OH is 1. The van der Waals surface area contributed by atoms with Crippen LogP contribution in [0.3, 0.4) is 0 Å². The van der Waals surface area contributed by atoms with Crippen molar-refractivity contribution in [3.63, 3.8) is 0 Å². The zero-order chi connectivity index (χ0) is 6.85. The molecule has 3 N–H and O–H groups in total. The molecule has 0 spiro atoms. The first-order valence-electron chi connectivity index (χ1n) is 3.05. The van der Waals surface area contributed by atoms with E-state index >= 15 is 0 Å². The molecule has 9 heavy (non-hydrogen) atoms. The van der Waals surface area contributed by atoms with Gasteiger partial charge in [-0.25, -0.2) is 4.21 Å². The minimum absolute atomic E-state index is 0.162. The smallest absolute Gasteiger partial charge is 0.0946 e. The van der Waals surface area contributed by atoms with E-state index in [4.69, 9.17) is 10.2 Å². The van der Waals surface area contributed by atoms with Gasteiger partial charge < -0.3 is 5.11 Å². The molecular formula is C5H11NO2S. The van der Waals surface area contributed by atoms with E-state index in [0.29, 0.717) is 0 Å². The average molecular weight is 149 g/mol. The summed E-state index contributed by atoms with van der Waals surface area (Å²) in [4.78, 5) is 0. The maximum atomic E-state index is 10.6. The van der Waals surface area contributed by atoms with Crippen molar-refractivity contribution < 1.29 is 9.32 Å². The zero-order valence-corrected chi connectivity index (χ0v) is 5.93. The third-order valence-corrected chi connectivity index (χ3v) is 2.86. The predicted molar refractivity (Wildman–Crippen MR) is 36.0 cm³/mol. The molecule has 0 heterocycles. The van der Waals surface area contributed by atoms with E-state index in [1.807, 2.05) is 0 Å². The lowest BCUT2D eigenvalue weighted by Gasteiger charge is -2.08. The number of nitrogens with two attached hydrogens (primary N) is 1. The molecule has 3 atom stereocenters. The van der Waals surface area contributed by atoms with Crippen LogP contribution in [0, 0.1) is 0 Å². The summed E-state index contributed by atoms with van der Waals surface area (Å²) in [5.74, 6) is 0. The van der Waals surface area contributed by atoms with Crippen LogP contribution < -0.4 is 5.14 Å². The minimum Gasteiger partial charge on any atom is -0.392 e. The molecule has 1 aliphatic carbocycles. The van der Waals surface area contributed by atoms with Gasteiger partial charge in [-0.15, -0.1) is 0 Å². The van der Waals surface area contributed by atoms with Gasteiger partial charge in [-0.1, -0.05) is 0 Å². The van der Waals surface area contributed by atoms with Crippen molar-refractivity contribution in [1.29, 1.82) is 0 Å². The van der Waals surface area contributed by atoms with Crippen molar-refractivity contribution in [2.45, 2.75) is 30.6 Å². The van der Waals surface area contributed by atoms with Crippen molar-refractivity contribution in [2.75, 3.05) is 0 Å². The summed E-state index contributed by atoms with van der Waals surface area (Å²) < 4.78 is 10.6. The summed E-state index contributed by atoms with van der Waals surface area (Å²) in [6.45, 7) is 0. The summed E-state index contributed by atoms with van der Waals surface area (Å²) in [5.41, 5.74) is 0. The largest absolute Gasteiger partial charge is 0.392 e. The quantitative estimate of drug-likeness (QED) is 0.529. The molecule has 1 unspecified atom stereocenters. The molecule has 0 amide bonds.